The fraction of sp³-hybridized carbons (Fsp3) is 0.0175. The second kappa shape index (κ2) is 12.2. The first-order valence-electron chi connectivity index (χ1n) is 20.3. The quantitative estimate of drug-likeness (QED) is 0.179. The van der Waals surface area contributed by atoms with Crippen LogP contribution in [-0.4, -0.2) is 0 Å². The minimum Gasteiger partial charge on any atom is -0.456 e. The summed E-state index contributed by atoms with van der Waals surface area (Å²) in [6.45, 7) is 0. The van der Waals surface area contributed by atoms with Crippen molar-refractivity contribution in [2.75, 3.05) is 0 Å². The molecule has 10 aromatic carbocycles. The van der Waals surface area contributed by atoms with Crippen LogP contribution in [0.15, 0.2) is 211 Å². The number of furan rings is 1. The Morgan fingerprint density at radius 1 is 0.322 bits per heavy atom. The lowest BCUT2D eigenvalue weighted by Gasteiger charge is -2.35. The van der Waals surface area contributed by atoms with E-state index in [2.05, 4.69) is 188 Å². The number of benzene rings is 10. The van der Waals surface area contributed by atoms with Crippen LogP contribution in [-0.2, 0) is 5.41 Å². The molecule has 13 rings (SSSR count). The molecule has 0 saturated heterocycles. The molecule has 2 heteroatoms. The molecule has 2 aliphatic rings. The van der Waals surface area contributed by atoms with Gasteiger partial charge in [-0.3, -0.25) is 0 Å². The van der Waals surface area contributed by atoms with Gasteiger partial charge < -0.3 is 9.15 Å². The number of rotatable bonds is 4. The highest BCUT2D eigenvalue weighted by Crippen LogP contribution is 2.59. The largest absolute Gasteiger partial charge is 0.456 e. The monoisotopic (exact) mass is 750 g/mol. The molecule has 0 saturated carbocycles. The highest BCUT2D eigenvalue weighted by atomic mass is 16.5. The van der Waals surface area contributed by atoms with Gasteiger partial charge >= 0.3 is 0 Å². The molecule has 0 spiro atoms. The molecule has 11 aromatic rings. The zero-order valence-electron chi connectivity index (χ0n) is 31.9. The molecule has 274 valence electrons. The molecule has 0 radical (unpaired) electrons. The van der Waals surface area contributed by atoms with Crippen molar-refractivity contribution in [2.45, 2.75) is 5.41 Å². The van der Waals surface area contributed by atoms with Crippen molar-refractivity contribution in [2.24, 2.45) is 0 Å². The molecule has 0 bridgehead atoms. The fourth-order valence-corrected chi connectivity index (χ4v) is 10.5. The first-order valence-corrected chi connectivity index (χ1v) is 20.3. The Kier molecular flexibility index (Phi) is 6.68. The summed E-state index contributed by atoms with van der Waals surface area (Å²) in [6, 6.07) is 75.3. The van der Waals surface area contributed by atoms with E-state index in [1.165, 1.54) is 77.4 Å². The van der Waals surface area contributed by atoms with Gasteiger partial charge in [-0.25, -0.2) is 0 Å². The fourth-order valence-electron chi connectivity index (χ4n) is 10.5. The smallest absolute Gasteiger partial charge is 0.135 e. The van der Waals surface area contributed by atoms with Crippen molar-refractivity contribution in [3.63, 3.8) is 0 Å². The predicted octanol–water partition coefficient (Wildman–Crippen LogP) is 15.4. The summed E-state index contributed by atoms with van der Waals surface area (Å²) >= 11 is 0. The first kappa shape index (κ1) is 32.4. The Balaban J connectivity index is 1.08. The standard InChI is InChI=1S/C57H34O2/c1-3-13-37(14-4-1)57(38-15-5-2-6-16-38)50-34-36(40-30-32-54-55-45(40)20-12-21-46(55)43-17-7-9-23-51(43)59-54)25-27-42(50)48-29-28-41-39(19-11-22-47(41)56(48)57)35-26-31-53-49(33-35)44-18-8-10-24-52(44)58-53/h1-34H. The summed E-state index contributed by atoms with van der Waals surface area (Å²) in [4.78, 5) is 0. The zero-order chi connectivity index (χ0) is 38.7. The lowest BCUT2D eigenvalue weighted by Crippen LogP contribution is -2.29. The molecule has 1 aromatic heterocycles. The average Bonchev–Trinajstić information content (AvgIpc) is 3.83. The van der Waals surface area contributed by atoms with E-state index in [9.17, 15) is 0 Å². The van der Waals surface area contributed by atoms with Crippen LogP contribution in [0.1, 0.15) is 22.3 Å². The van der Waals surface area contributed by atoms with E-state index < -0.39 is 5.41 Å². The average molecular weight is 751 g/mol. The Labute approximate surface area is 341 Å². The zero-order valence-corrected chi connectivity index (χ0v) is 31.9. The highest BCUT2D eigenvalue weighted by molar-refractivity contribution is 6.12. The summed E-state index contributed by atoms with van der Waals surface area (Å²) in [5.41, 5.74) is 15.9. The van der Waals surface area contributed by atoms with Gasteiger partial charge in [0.2, 0.25) is 0 Å². The highest BCUT2D eigenvalue weighted by Gasteiger charge is 2.47. The molecule has 0 atom stereocenters. The molecule has 1 aliphatic heterocycles. The van der Waals surface area contributed by atoms with Crippen molar-refractivity contribution in [3.05, 3.63) is 229 Å². The van der Waals surface area contributed by atoms with Crippen LogP contribution >= 0.6 is 0 Å². The molecule has 1 aliphatic carbocycles. The summed E-state index contributed by atoms with van der Waals surface area (Å²) in [5.74, 6) is 1.80. The van der Waals surface area contributed by atoms with Gasteiger partial charge in [0.1, 0.15) is 22.7 Å². The number of ether oxygens (including phenoxy) is 1. The molecule has 0 fully saturated rings. The van der Waals surface area contributed by atoms with Gasteiger partial charge in [-0.2, -0.15) is 0 Å². The first-order chi connectivity index (χ1) is 29.3. The number of fused-ring (bicyclic) bond motifs is 10. The van der Waals surface area contributed by atoms with Gasteiger partial charge in [0.25, 0.3) is 0 Å². The molecule has 0 unspecified atom stereocenters. The minimum atomic E-state index is -0.597. The normalized spacial score (nSPS) is 13.4. The molecule has 2 nitrogen and oxygen atoms in total. The van der Waals surface area contributed by atoms with Gasteiger partial charge in [0.05, 0.1) is 5.41 Å². The third-order valence-corrected chi connectivity index (χ3v) is 13.0. The number of hydrogen-bond acceptors (Lipinski definition) is 2. The maximum atomic E-state index is 6.52. The van der Waals surface area contributed by atoms with Gasteiger partial charge in [0.15, 0.2) is 0 Å². The second-order valence-corrected chi connectivity index (χ2v) is 15.9. The third-order valence-electron chi connectivity index (χ3n) is 13.0. The van der Waals surface area contributed by atoms with E-state index in [0.717, 1.165) is 44.4 Å². The number of para-hydroxylation sites is 2. The Hall–Kier alpha value is -7.68. The molecule has 59 heavy (non-hydrogen) atoms. The maximum absolute atomic E-state index is 6.52. The van der Waals surface area contributed by atoms with Crippen molar-refractivity contribution >= 4 is 43.5 Å². The van der Waals surface area contributed by atoms with Crippen LogP contribution in [0.4, 0.5) is 0 Å². The van der Waals surface area contributed by atoms with Gasteiger partial charge in [-0.15, -0.1) is 0 Å². The third kappa shape index (κ3) is 4.46. The summed E-state index contributed by atoms with van der Waals surface area (Å²) < 4.78 is 12.8. The van der Waals surface area contributed by atoms with Gasteiger partial charge in [-0.05, 0) is 114 Å². The van der Waals surface area contributed by atoms with Crippen LogP contribution in [0.3, 0.4) is 0 Å². The van der Waals surface area contributed by atoms with Crippen LogP contribution < -0.4 is 4.74 Å². The van der Waals surface area contributed by atoms with Crippen molar-refractivity contribution in [1.82, 2.24) is 0 Å². The van der Waals surface area contributed by atoms with Crippen LogP contribution in [0.2, 0.25) is 0 Å². The molecular formula is C57H34O2. The Morgan fingerprint density at radius 3 is 1.78 bits per heavy atom. The van der Waals surface area contributed by atoms with E-state index in [-0.39, 0.29) is 0 Å². The summed E-state index contributed by atoms with van der Waals surface area (Å²) in [6.07, 6.45) is 0. The van der Waals surface area contributed by atoms with Gasteiger partial charge in [-0.1, -0.05) is 170 Å². The van der Waals surface area contributed by atoms with Crippen molar-refractivity contribution in [3.8, 4) is 56.0 Å². The van der Waals surface area contributed by atoms with Gasteiger partial charge in [0, 0.05) is 21.7 Å². The lowest BCUT2D eigenvalue weighted by molar-refractivity contribution is 0.487. The van der Waals surface area contributed by atoms with Crippen LogP contribution in [0, 0.1) is 0 Å². The SMILES string of the molecule is c1ccc(C2(c3ccccc3)c3cc(-c4ccc5c6c(cccc46)-c4ccccc4O5)ccc3-c3ccc4c(-c5ccc6oc7ccccc7c6c5)cccc4c32)cc1. The van der Waals surface area contributed by atoms with E-state index in [0.29, 0.717) is 0 Å². The molecule has 2 heterocycles. The maximum Gasteiger partial charge on any atom is 0.135 e. The van der Waals surface area contributed by atoms with Crippen LogP contribution in [0.5, 0.6) is 11.5 Å². The number of hydrogen-bond donors (Lipinski definition) is 0. The van der Waals surface area contributed by atoms with E-state index in [1.807, 2.05) is 18.2 Å². The minimum absolute atomic E-state index is 0.597. The van der Waals surface area contributed by atoms with E-state index in [1.54, 1.807) is 0 Å². The van der Waals surface area contributed by atoms with Crippen molar-refractivity contribution < 1.29 is 9.15 Å². The molecular weight excluding hydrogens is 717 g/mol. The Morgan fingerprint density at radius 2 is 0.932 bits per heavy atom. The summed E-state index contributed by atoms with van der Waals surface area (Å²) in [5, 5.41) is 7.09. The molecule has 0 amide bonds. The Bertz CT molecular complexity index is 3480. The molecule has 0 N–H and O–H groups in total. The lowest BCUT2D eigenvalue weighted by atomic mass is 9.66. The van der Waals surface area contributed by atoms with Crippen LogP contribution in [0.25, 0.3) is 88.0 Å². The van der Waals surface area contributed by atoms with Crippen molar-refractivity contribution in [1.29, 1.82) is 0 Å². The summed E-state index contributed by atoms with van der Waals surface area (Å²) in [7, 11) is 0. The van der Waals surface area contributed by atoms with E-state index in [4.69, 9.17) is 9.15 Å². The predicted molar refractivity (Wildman–Crippen MR) is 242 cm³/mol. The second-order valence-electron chi connectivity index (χ2n) is 15.9. The topological polar surface area (TPSA) is 22.4 Å². The van der Waals surface area contributed by atoms with E-state index >= 15 is 0 Å².